The second-order valence-corrected chi connectivity index (χ2v) is 18.1. The zero-order valence-electron chi connectivity index (χ0n) is 29.9. The number of furan rings is 1. The van der Waals surface area contributed by atoms with Gasteiger partial charge in [-0.3, -0.25) is 4.57 Å². The molecular weight excluding hydrogens is 689 g/mol. The molecule has 0 N–H and O–H groups in total. The van der Waals surface area contributed by atoms with Gasteiger partial charge in [0.2, 0.25) is 0 Å². The van der Waals surface area contributed by atoms with E-state index in [0.717, 1.165) is 55.3 Å². The molecule has 4 nitrogen and oxygen atoms in total. The standard InChI is InChI=1S/C50H34N2O2Si/c1-3-17-38(18-4-1)55(39-19-5-2-6-20-39,41-22-12-16-36(31-41)42-24-13-27-48-49(42)43-23-8-10-26-47(43)54-48)40-21-11-15-34(30-40)35-28-29-44-46(32-35)52-45-25-9-7-14-37(45)33-53-50(52)51-44/h1-32H,33H2. The number of hydrogen-bond donors (Lipinski definition) is 0. The number of benzene rings is 8. The Morgan fingerprint density at radius 3 is 1.91 bits per heavy atom. The van der Waals surface area contributed by atoms with Crippen LogP contribution in [0.25, 0.3) is 60.9 Å². The van der Waals surface area contributed by atoms with E-state index in [9.17, 15) is 0 Å². The first kappa shape index (κ1) is 31.6. The summed E-state index contributed by atoms with van der Waals surface area (Å²) in [6.45, 7) is 0.523. The fourth-order valence-corrected chi connectivity index (χ4v) is 13.6. The molecule has 10 aromatic rings. The fraction of sp³-hybridized carbons (Fsp3) is 0.0200. The van der Waals surface area contributed by atoms with Crippen LogP contribution in [0.1, 0.15) is 5.56 Å². The van der Waals surface area contributed by atoms with E-state index < -0.39 is 8.07 Å². The van der Waals surface area contributed by atoms with Gasteiger partial charge in [0.15, 0.2) is 8.07 Å². The molecule has 260 valence electrons. The Bertz CT molecular complexity index is 3020. The maximum Gasteiger partial charge on any atom is 0.302 e. The van der Waals surface area contributed by atoms with Crippen LogP contribution in [0.4, 0.5) is 0 Å². The van der Waals surface area contributed by atoms with Crippen LogP contribution in [0.15, 0.2) is 199 Å². The van der Waals surface area contributed by atoms with E-state index in [2.05, 4.69) is 193 Å². The highest BCUT2D eigenvalue weighted by Gasteiger charge is 2.41. The van der Waals surface area contributed by atoms with E-state index >= 15 is 0 Å². The van der Waals surface area contributed by atoms with Gasteiger partial charge in [0, 0.05) is 16.3 Å². The first-order valence-corrected chi connectivity index (χ1v) is 20.7. The molecule has 55 heavy (non-hydrogen) atoms. The third-order valence-electron chi connectivity index (χ3n) is 11.3. The van der Waals surface area contributed by atoms with Crippen LogP contribution in [0.3, 0.4) is 0 Å². The monoisotopic (exact) mass is 722 g/mol. The third-order valence-corrected chi connectivity index (χ3v) is 16.0. The van der Waals surface area contributed by atoms with Crippen molar-refractivity contribution in [3.8, 4) is 34.0 Å². The molecule has 0 saturated heterocycles. The molecule has 1 aliphatic rings. The molecule has 0 unspecified atom stereocenters. The molecule has 0 radical (unpaired) electrons. The maximum atomic E-state index is 6.34. The van der Waals surface area contributed by atoms with Gasteiger partial charge in [-0.15, -0.1) is 0 Å². The number of para-hydroxylation sites is 2. The number of aromatic nitrogens is 2. The Morgan fingerprint density at radius 2 is 1.11 bits per heavy atom. The summed E-state index contributed by atoms with van der Waals surface area (Å²) in [5.74, 6) is 0. The van der Waals surface area contributed by atoms with Crippen LogP contribution in [0.5, 0.6) is 6.01 Å². The van der Waals surface area contributed by atoms with E-state index in [-0.39, 0.29) is 0 Å². The minimum atomic E-state index is -2.91. The lowest BCUT2D eigenvalue weighted by Crippen LogP contribution is -2.74. The topological polar surface area (TPSA) is 40.2 Å². The first-order chi connectivity index (χ1) is 27.3. The SMILES string of the molecule is c1ccc([Si](c2ccccc2)(c2cccc(-c3ccc4nc5n(c4c3)-c3ccccc3CO5)c2)c2cccc(-c3cccc4oc5ccccc5c34)c2)cc1. The van der Waals surface area contributed by atoms with Gasteiger partial charge in [0.1, 0.15) is 17.8 Å². The molecule has 0 atom stereocenters. The Hall–Kier alpha value is -6.95. The van der Waals surface area contributed by atoms with Crippen molar-refractivity contribution in [1.82, 2.24) is 9.55 Å². The van der Waals surface area contributed by atoms with Crippen molar-refractivity contribution < 1.29 is 9.15 Å². The summed E-state index contributed by atoms with van der Waals surface area (Å²) >= 11 is 0. The smallest absolute Gasteiger partial charge is 0.302 e. The van der Waals surface area contributed by atoms with Crippen LogP contribution in [0, 0.1) is 0 Å². The zero-order valence-corrected chi connectivity index (χ0v) is 30.9. The summed E-state index contributed by atoms with van der Waals surface area (Å²) in [5, 5.41) is 7.57. The van der Waals surface area contributed by atoms with Gasteiger partial charge in [-0.2, -0.15) is 4.98 Å². The van der Waals surface area contributed by atoms with Crippen molar-refractivity contribution in [3.63, 3.8) is 0 Å². The largest absolute Gasteiger partial charge is 0.459 e. The molecule has 2 aromatic heterocycles. The highest BCUT2D eigenvalue weighted by molar-refractivity contribution is 7.20. The molecule has 8 aromatic carbocycles. The lowest BCUT2D eigenvalue weighted by Gasteiger charge is -2.35. The molecule has 3 heterocycles. The number of fused-ring (bicyclic) bond motifs is 8. The Morgan fingerprint density at radius 1 is 0.491 bits per heavy atom. The van der Waals surface area contributed by atoms with Gasteiger partial charge in [0.25, 0.3) is 0 Å². The van der Waals surface area contributed by atoms with Crippen LogP contribution in [0.2, 0.25) is 0 Å². The molecule has 0 saturated carbocycles. The Kier molecular flexibility index (Phi) is 7.22. The predicted octanol–water partition coefficient (Wildman–Crippen LogP) is 9.53. The van der Waals surface area contributed by atoms with Crippen molar-refractivity contribution in [3.05, 3.63) is 200 Å². The summed E-state index contributed by atoms with van der Waals surface area (Å²) in [7, 11) is -2.91. The Labute approximate surface area is 319 Å². The summed E-state index contributed by atoms with van der Waals surface area (Å²) < 4.78 is 14.6. The normalized spacial score (nSPS) is 12.4. The number of rotatable bonds is 6. The molecule has 0 spiro atoms. The molecule has 0 fully saturated rings. The van der Waals surface area contributed by atoms with Crippen LogP contribution >= 0.6 is 0 Å². The quantitative estimate of drug-likeness (QED) is 0.127. The second-order valence-electron chi connectivity index (χ2n) is 14.3. The number of nitrogens with zero attached hydrogens (tertiary/aromatic N) is 2. The van der Waals surface area contributed by atoms with E-state index in [1.54, 1.807) is 0 Å². The molecule has 5 heteroatoms. The zero-order chi connectivity index (χ0) is 36.3. The summed E-state index contributed by atoms with van der Waals surface area (Å²) in [5.41, 5.74) is 10.7. The van der Waals surface area contributed by atoms with Crippen molar-refractivity contribution in [2.45, 2.75) is 6.61 Å². The van der Waals surface area contributed by atoms with Crippen LogP contribution in [-0.2, 0) is 6.61 Å². The van der Waals surface area contributed by atoms with Gasteiger partial charge in [-0.05, 0) is 73.3 Å². The molecule has 11 rings (SSSR count). The summed E-state index contributed by atoms with van der Waals surface area (Å²) in [4.78, 5) is 4.87. The molecule has 0 bridgehead atoms. The van der Waals surface area contributed by atoms with E-state index in [4.69, 9.17) is 14.1 Å². The fourth-order valence-electron chi connectivity index (χ4n) is 8.80. The minimum Gasteiger partial charge on any atom is -0.459 e. The number of ether oxygens (including phenoxy) is 1. The van der Waals surface area contributed by atoms with E-state index in [1.165, 1.54) is 31.9 Å². The van der Waals surface area contributed by atoms with Gasteiger partial charge in [-0.25, -0.2) is 0 Å². The minimum absolute atomic E-state index is 0.523. The summed E-state index contributed by atoms with van der Waals surface area (Å²) in [6.07, 6.45) is 0. The molecule has 0 amide bonds. The third kappa shape index (κ3) is 4.94. The first-order valence-electron chi connectivity index (χ1n) is 18.7. The number of imidazole rings is 1. The van der Waals surface area contributed by atoms with E-state index in [0.29, 0.717) is 12.6 Å². The highest BCUT2D eigenvalue weighted by Crippen LogP contribution is 2.37. The van der Waals surface area contributed by atoms with Crippen molar-refractivity contribution >= 4 is 61.8 Å². The molecular formula is C50H34N2O2Si. The van der Waals surface area contributed by atoms with Gasteiger partial charge >= 0.3 is 6.01 Å². The van der Waals surface area contributed by atoms with Crippen LogP contribution < -0.4 is 25.5 Å². The van der Waals surface area contributed by atoms with Gasteiger partial charge in [0.05, 0.1) is 16.7 Å². The second kappa shape index (κ2) is 12.6. The predicted molar refractivity (Wildman–Crippen MR) is 227 cm³/mol. The average molecular weight is 723 g/mol. The van der Waals surface area contributed by atoms with E-state index in [1.807, 2.05) is 6.07 Å². The number of hydrogen-bond acceptors (Lipinski definition) is 3. The Balaban J connectivity index is 1.14. The molecule has 0 aliphatic carbocycles. The van der Waals surface area contributed by atoms with Crippen LogP contribution in [-0.4, -0.2) is 17.6 Å². The van der Waals surface area contributed by atoms with Crippen molar-refractivity contribution in [1.29, 1.82) is 0 Å². The van der Waals surface area contributed by atoms with Crippen molar-refractivity contribution in [2.24, 2.45) is 0 Å². The van der Waals surface area contributed by atoms with Gasteiger partial charge < -0.3 is 9.15 Å². The average Bonchev–Trinajstić information content (AvgIpc) is 3.84. The molecule has 1 aliphatic heterocycles. The van der Waals surface area contributed by atoms with Crippen molar-refractivity contribution in [2.75, 3.05) is 0 Å². The lowest BCUT2D eigenvalue weighted by atomic mass is 9.99. The summed E-state index contributed by atoms with van der Waals surface area (Å²) in [6, 6.07) is 71.2. The maximum absolute atomic E-state index is 6.34. The lowest BCUT2D eigenvalue weighted by molar-refractivity contribution is 0.265. The highest BCUT2D eigenvalue weighted by atomic mass is 28.3. The van der Waals surface area contributed by atoms with Gasteiger partial charge in [-0.1, -0.05) is 164 Å².